The molecule has 0 atom stereocenters. The van der Waals surface area contributed by atoms with E-state index in [1.807, 2.05) is 30.8 Å². The van der Waals surface area contributed by atoms with Crippen LogP contribution >= 0.6 is 0 Å². The lowest BCUT2D eigenvalue weighted by atomic mass is 9.84. The number of benzene rings is 1. The molecule has 2 fully saturated rings. The van der Waals surface area contributed by atoms with Gasteiger partial charge in [0.2, 0.25) is 10.0 Å². The number of hydrogen-bond acceptors (Lipinski definition) is 5. The summed E-state index contributed by atoms with van der Waals surface area (Å²) >= 11 is 0. The zero-order valence-electron chi connectivity index (χ0n) is 24.7. The summed E-state index contributed by atoms with van der Waals surface area (Å²) in [7, 11) is -1.40. The molecule has 0 spiro atoms. The molecule has 0 bridgehead atoms. The Hall–Kier alpha value is -2.82. The van der Waals surface area contributed by atoms with Crippen molar-refractivity contribution in [2.24, 2.45) is 11.8 Å². The summed E-state index contributed by atoms with van der Waals surface area (Å²) < 4.78 is 42.2. The number of carbonyl (C=O) groups excluding carboxylic acids is 1. The maximum atomic E-state index is 14.4. The summed E-state index contributed by atoms with van der Waals surface area (Å²) in [5.41, 5.74) is 4.22. The van der Waals surface area contributed by atoms with E-state index in [-0.39, 0.29) is 18.0 Å². The Morgan fingerprint density at radius 2 is 1.85 bits per heavy atom. The second-order valence-corrected chi connectivity index (χ2v) is 14.2. The molecule has 0 radical (unpaired) electrons. The number of amides is 1. The van der Waals surface area contributed by atoms with Crippen molar-refractivity contribution < 1.29 is 17.6 Å². The first-order chi connectivity index (χ1) is 19.4. The lowest BCUT2D eigenvalue weighted by molar-refractivity contribution is 0.0716. The largest absolute Gasteiger partial charge is 0.339 e. The van der Waals surface area contributed by atoms with Gasteiger partial charge in [-0.2, -0.15) is 0 Å². The number of hydrogen-bond donors (Lipinski definition) is 1. The van der Waals surface area contributed by atoms with Gasteiger partial charge in [-0.3, -0.25) is 9.78 Å². The van der Waals surface area contributed by atoms with Gasteiger partial charge in [0, 0.05) is 56.5 Å². The van der Waals surface area contributed by atoms with Gasteiger partial charge >= 0.3 is 0 Å². The lowest BCUT2D eigenvalue weighted by Crippen LogP contribution is -2.50. The fourth-order valence-corrected chi connectivity index (χ4v) is 7.35. The zero-order chi connectivity index (χ0) is 29.5. The monoisotopic (exact) mass is 583 g/mol. The van der Waals surface area contributed by atoms with Crippen LogP contribution in [0.15, 0.2) is 36.8 Å². The normalized spacial score (nSPS) is 20.5. The Balaban J connectivity index is 1.30. The van der Waals surface area contributed by atoms with E-state index in [0.717, 1.165) is 68.2 Å². The van der Waals surface area contributed by atoms with E-state index >= 15 is 0 Å². The van der Waals surface area contributed by atoms with Gasteiger partial charge < -0.3 is 14.4 Å². The van der Waals surface area contributed by atoms with Crippen LogP contribution in [0.3, 0.4) is 0 Å². The summed E-state index contributed by atoms with van der Waals surface area (Å²) in [4.78, 5) is 21.9. The summed E-state index contributed by atoms with van der Waals surface area (Å²) in [6.45, 7) is 9.09. The fraction of sp³-hybridized carbons (Fsp3) is 0.548. The zero-order valence-corrected chi connectivity index (χ0v) is 25.5. The minimum absolute atomic E-state index is 0.0137. The number of aryl methyl sites for hydroxylation is 1. The van der Waals surface area contributed by atoms with Crippen molar-refractivity contribution in [3.63, 3.8) is 0 Å². The molecule has 2 aromatic heterocycles. The molecule has 1 aromatic carbocycles. The minimum atomic E-state index is -3.15. The van der Waals surface area contributed by atoms with E-state index in [1.54, 1.807) is 18.0 Å². The van der Waals surface area contributed by atoms with Crippen LogP contribution in [0.1, 0.15) is 61.0 Å². The van der Waals surface area contributed by atoms with Crippen LogP contribution in [0.5, 0.6) is 0 Å². The molecular weight excluding hydrogens is 541 g/mol. The molecule has 41 heavy (non-hydrogen) atoms. The molecule has 222 valence electrons. The van der Waals surface area contributed by atoms with Crippen molar-refractivity contribution in [3.8, 4) is 5.69 Å². The molecule has 1 saturated heterocycles. The van der Waals surface area contributed by atoms with Crippen LogP contribution in [0.2, 0.25) is 0 Å². The summed E-state index contributed by atoms with van der Waals surface area (Å²) in [5.74, 6) is 0.498. The highest BCUT2D eigenvalue weighted by Crippen LogP contribution is 2.34. The maximum absolute atomic E-state index is 14.4. The number of rotatable bonds is 9. The molecular formula is C31H42FN5O3S. The average molecular weight is 584 g/mol. The number of aromatic nitrogens is 2. The Labute approximate surface area is 243 Å². The van der Waals surface area contributed by atoms with Gasteiger partial charge in [0.1, 0.15) is 5.82 Å². The molecule has 10 heteroatoms. The third kappa shape index (κ3) is 6.65. The van der Waals surface area contributed by atoms with Crippen molar-refractivity contribution in [2.75, 3.05) is 32.9 Å². The highest BCUT2D eigenvalue weighted by Gasteiger charge is 2.32. The number of nitrogens with zero attached hydrogens (tertiary/aromatic N) is 4. The molecule has 3 aromatic rings. The second-order valence-electron chi connectivity index (χ2n) is 12.4. The molecule has 1 aliphatic carbocycles. The summed E-state index contributed by atoms with van der Waals surface area (Å²) in [6.07, 6.45) is 11.9. The van der Waals surface area contributed by atoms with Crippen molar-refractivity contribution in [1.29, 1.82) is 0 Å². The second kappa shape index (κ2) is 11.8. The molecule has 0 unspecified atom stereocenters. The Kier molecular flexibility index (Phi) is 8.55. The Bertz CT molecular complexity index is 1520. The van der Waals surface area contributed by atoms with Gasteiger partial charge in [-0.25, -0.2) is 17.5 Å². The number of pyridine rings is 1. The van der Waals surface area contributed by atoms with Crippen molar-refractivity contribution in [2.45, 2.75) is 65.0 Å². The SMILES string of the molecule is Cc1cncc2c1c(CC1CN(CC3CCC(NS(C)(=O)=O)CC3)C1)cn2-c1ccc(F)cc1C(=O)N(C)C(C)C. The van der Waals surface area contributed by atoms with Crippen LogP contribution in [0, 0.1) is 24.6 Å². The molecule has 8 nitrogen and oxygen atoms in total. The highest BCUT2D eigenvalue weighted by atomic mass is 32.2. The van der Waals surface area contributed by atoms with Crippen molar-refractivity contribution >= 4 is 26.8 Å². The van der Waals surface area contributed by atoms with Crippen LogP contribution in [-0.2, 0) is 16.4 Å². The molecule has 3 heterocycles. The molecule has 1 aliphatic heterocycles. The number of carbonyl (C=O) groups is 1. The van der Waals surface area contributed by atoms with Crippen LogP contribution < -0.4 is 4.72 Å². The van der Waals surface area contributed by atoms with Gasteiger partial charge in [0.05, 0.1) is 29.2 Å². The quantitative estimate of drug-likeness (QED) is 0.400. The minimum Gasteiger partial charge on any atom is -0.339 e. The number of nitrogens with one attached hydrogen (secondary N) is 1. The average Bonchev–Trinajstić information content (AvgIpc) is 3.26. The fourth-order valence-electron chi connectivity index (χ4n) is 6.51. The van der Waals surface area contributed by atoms with E-state index < -0.39 is 15.8 Å². The molecule has 1 saturated carbocycles. The molecule has 2 aliphatic rings. The molecule has 5 rings (SSSR count). The first-order valence-electron chi connectivity index (χ1n) is 14.6. The first-order valence-corrected chi connectivity index (χ1v) is 16.5. The standard InChI is InChI=1S/C31H42FN5O3S/c1-20(2)35(4)31(38)27-13-25(32)8-11-28(27)37-19-24(30-21(3)14-33-15-29(30)37)12-23-17-36(18-23)16-22-6-9-26(10-7-22)34-41(5,39)40/h8,11,13-15,19-20,22-23,26,34H,6-7,9-10,12,16-18H2,1-5H3. The van der Waals surface area contributed by atoms with Crippen molar-refractivity contribution in [3.05, 3.63) is 59.3 Å². The van der Waals surface area contributed by atoms with E-state index in [2.05, 4.69) is 27.7 Å². The van der Waals surface area contributed by atoms with Gasteiger partial charge in [-0.05, 0) is 94.0 Å². The van der Waals surface area contributed by atoms with Crippen LogP contribution in [0.4, 0.5) is 4.39 Å². The Morgan fingerprint density at radius 1 is 1.15 bits per heavy atom. The van der Waals surface area contributed by atoms with E-state index in [4.69, 9.17) is 0 Å². The molecule has 1 N–H and O–H groups in total. The number of sulfonamides is 1. The Morgan fingerprint density at radius 3 is 2.51 bits per heavy atom. The number of halogens is 1. The highest BCUT2D eigenvalue weighted by molar-refractivity contribution is 7.88. The van der Waals surface area contributed by atoms with Gasteiger partial charge in [-0.1, -0.05) is 0 Å². The predicted octanol–water partition coefficient (Wildman–Crippen LogP) is 4.54. The topological polar surface area (TPSA) is 87.5 Å². The van der Waals surface area contributed by atoms with E-state index in [1.165, 1.54) is 24.0 Å². The van der Waals surface area contributed by atoms with Crippen LogP contribution in [-0.4, -0.2) is 78.7 Å². The third-order valence-corrected chi connectivity index (χ3v) is 9.57. The van der Waals surface area contributed by atoms with Crippen LogP contribution in [0.25, 0.3) is 16.6 Å². The van der Waals surface area contributed by atoms with E-state index in [9.17, 15) is 17.6 Å². The number of fused-ring (bicyclic) bond motifs is 1. The van der Waals surface area contributed by atoms with Crippen molar-refractivity contribution in [1.82, 2.24) is 24.1 Å². The number of likely N-dealkylation sites (tertiary alicyclic amines) is 1. The smallest absolute Gasteiger partial charge is 0.256 e. The van der Waals surface area contributed by atoms with Gasteiger partial charge in [-0.15, -0.1) is 0 Å². The summed E-state index contributed by atoms with van der Waals surface area (Å²) in [6, 6.07) is 4.49. The van der Waals surface area contributed by atoms with Gasteiger partial charge in [0.25, 0.3) is 5.91 Å². The lowest BCUT2D eigenvalue weighted by Gasteiger charge is -2.42. The van der Waals surface area contributed by atoms with E-state index in [0.29, 0.717) is 23.1 Å². The maximum Gasteiger partial charge on any atom is 0.256 e. The predicted molar refractivity (Wildman–Crippen MR) is 160 cm³/mol. The van der Waals surface area contributed by atoms with Gasteiger partial charge in [0.15, 0.2) is 0 Å². The third-order valence-electron chi connectivity index (χ3n) is 8.81. The summed E-state index contributed by atoms with van der Waals surface area (Å²) in [5, 5.41) is 1.15. The molecule has 1 amide bonds. The first kappa shape index (κ1) is 29.7.